The molecule has 4 heteroatoms. The molecular formula is C15H22ClNO2. The lowest BCUT2D eigenvalue weighted by molar-refractivity contribution is 0.253. The van der Waals surface area contributed by atoms with E-state index in [1.54, 1.807) is 0 Å². The van der Waals surface area contributed by atoms with Crippen molar-refractivity contribution in [2.75, 3.05) is 13.2 Å². The number of rotatable bonds is 5. The summed E-state index contributed by atoms with van der Waals surface area (Å²) in [6.45, 7) is 3.10. The molecule has 0 amide bonds. The van der Waals surface area contributed by atoms with Gasteiger partial charge in [0.1, 0.15) is 5.75 Å². The van der Waals surface area contributed by atoms with E-state index in [4.69, 9.17) is 21.4 Å². The number of aliphatic hydroxyl groups excluding tert-OH is 1. The Labute approximate surface area is 119 Å². The fourth-order valence-electron chi connectivity index (χ4n) is 2.56. The third-order valence-corrected chi connectivity index (χ3v) is 3.89. The zero-order chi connectivity index (χ0) is 13.7. The van der Waals surface area contributed by atoms with Gasteiger partial charge >= 0.3 is 0 Å². The van der Waals surface area contributed by atoms with Crippen LogP contribution in [0.1, 0.15) is 44.2 Å². The molecule has 1 aromatic carbocycles. The second-order valence-corrected chi connectivity index (χ2v) is 5.45. The fraction of sp³-hybridized carbons (Fsp3) is 0.600. The smallest absolute Gasteiger partial charge is 0.125 e. The molecule has 3 nitrogen and oxygen atoms in total. The maximum absolute atomic E-state index is 9.10. The molecule has 0 saturated heterocycles. The molecule has 0 bridgehead atoms. The number of nitrogens with one attached hydrogen (secondary N) is 1. The second kappa shape index (κ2) is 7.13. The van der Waals surface area contributed by atoms with Crippen LogP contribution in [0.25, 0.3) is 0 Å². The summed E-state index contributed by atoms with van der Waals surface area (Å²) >= 11 is 6.03. The normalized spacial score (nSPS) is 20.3. The summed E-state index contributed by atoms with van der Waals surface area (Å²) in [6.07, 6.45) is 3.88. The average molecular weight is 284 g/mol. The van der Waals surface area contributed by atoms with Gasteiger partial charge in [0.05, 0.1) is 6.61 Å². The summed E-state index contributed by atoms with van der Waals surface area (Å²) in [5, 5.41) is 13.5. The molecule has 2 unspecified atom stereocenters. The number of fused-ring (bicyclic) bond motifs is 1. The largest absolute Gasteiger partial charge is 0.493 e. The highest BCUT2D eigenvalue weighted by Gasteiger charge is 2.22. The molecule has 19 heavy (non-hydrogen) atoms. The summed E-state index contributed by atoms with van der Waals surface area (Å²) in [5.41, 5.74) is 1.18. The Morgan fingerprint density at radius 3 is 3.11 bits per heavy atom. The van der Waals surface area contributed by atoms with E-state index in [1.807, 2.05) is 18.2 Å². The zero-order valence-electron chi connectivity index (χ0n) is 11.4. The minimum absolute atomic E-state index is 0.224. The summed E-state index contributed by atoms with van der Waals surface area (Å²) in [5.74, 6) is 0.890. The van der Waals surface area contributed by atoms with Crippen LogP contribution in [-0.2, 0) is 0 Å². The van der Waals surface area contributed by atoms with Gasteiger partial charge in [0.25, 0.3) is 0 Å². The number of hydrogen-bond donors (Lipinski definition) is 2. The third kappa shape index (κ3) is 3.85. The summed E-state index contributed by atoms with van der Waals surface area (Å²) in [6, 6.07) is 6.48. The van der Waals surface area contributed by atoms with Gasteiger partial charge in [-0.05, 0) is 37.8 Å². The number of ether oxygens (including phenoxy) is 1. The SMILES string of the molecule is CCC(CCO)NC1CCCOc2cc(Cl)ccc21. The predicted octanol–water partition coefficient (Wildman–Crippen LogP) is 3.30. The molecule has 2 N–H and O–H groups in total. The Morgan fingerprint density at radius 2 is 2.37 bits per heavy atom. The fourth-order valence-corrected chi connectivity index (χ4v) is 2.73. The van der Waals surface area contributed by atoms with Crippen molar-refractivity contribution in [2.24, 2.45) is 0 Å². The first-order valence-electron chi connectivity index (χ1n) is 7.03. The van der Waals surface area contributed by atoms with Crippen LogP contribution in [0, 0.1) is 0 Å². The molecule has 0 saturated carbocycles. The van der Waals surface area contributed by atoms with Gasteiger partial charge in [-0.2, -0.15) is 0 Å². The summed E-state index contributed by atoms with van der Waals surface area (Å²) in [7, 11) is 0. The highest BCUT2D eigenvalue weighted by molar-refractivity contribution is 6.30. The van der Waals surface area contributed by atoms with Crippen LogP contribution in [0.15, 0.2) is 18.2 Å². The van der Waals surface area contributed by atoms with Crippen LogP contribution in [0.3, 0.4) is 0 Å². The predicted molar refractivity (Wildman–Crippen MR) is 77.8 cm³/mol. The van der Waals surface area contributed by atoms with Crippen molar-refractivity contribution in [2.45, 2.75) is 44.7 Å². The van der Waals surface area contributed by atoms with E-state index in [0.29, 0.717) is 11.1 Å². The van der Waals surface area contributed by atoms with Crippen molar-refractivity contribution in [1.82, 2.24) is 5.32 Å². The minimum atomic E-state index is 0.224. The first-order valence-corrected chi connectivity index (χ1v) is 7.41. The molecule has 1 aliphatic rings. The summed E-state index contributed by atoms with van der Waals surface area (Å²) in [4.78, 5) is 0. The lowest BCUT2D eigenvalue weighted by atomic mass is 10.00. The average Bonchev–Trinajstić information content (AvgIpc) is 2.60. The quantitative estimate of drug-likeness (QED) is 0.871. The van der Waals surface area contributed by atoms with E-state index < -0.39 is 0 Å². The second-order valence-electron chi connectivity index (χ2n) is 5.01. The van der Waals surface area contributed by atoms with E-state index >= 15 is 0 Å². The van der Waals surface area contributed by atoms with E-state index in [-0.39, 0.29) is 12.6 Å². The van der Waals surface area contributed by atoms with Gasteiger partial charge in [0, 0.05) is 29.3 Å². The summed E-state index contributed by atoms with van der Waals surface area (Å²) < 4.78 is 5.76. The van der Waals surface area contributed by atoms with Gasteiger partial charge < -0.3 is 15.2 Å². The van der Waals surface area contributed by atoms with Crippen LogP contribution in [0.4, 0.5) is 0 Å². The first-order chi connectivity index (χ1) is 9.24. The van der Waals surface area contributed by atoms with Crippen molar-refractivity contribution in [1.29, 1.82) is 0 Å². The van der Waals surface area contributed by atoms with Crippen LogP contribution in [0.5, 0.6) is 5.75 Å². The van der Waals surface area contributed by atoms with Gasteiger partial charge in [-0.1, -0.05) is 24.6 Å². The topological polar surface area (TPSA) is 41.5 Å². The van der Waals surface area contributed by atoms with Crippen molar-refractivity contribution in [3.05, 3.63) is 28.8 Å². The molecule has 0 aliphatic carbocycles. The van der Waals surface area contributed by atoms with Gasteiger partial charge in [-0.25, -0.2) is 0 Å². The Kier molecular flexibility index (Phi) is 5.49. The molecule has 0 fully saturated rings. The number of benzene rings is 1. The molecule has 1 heterocycles. The number of aliphatic hydroxyl groups is 1. The van der Waals surface area contributed by atoms with Gasteiger partial charge in [0.2, 0.25) is 0 Å². The Balaban J connectivity index is 2.17. The van der Waals surface area contributed by atoms with E-state index in [0.717, 1.165) is 38.0 Å². The zero-order valence-corrected chi connectivity index (χ0v) is 12.1. The highest BCUT2D eigenvalue weighted by atomic mass is 35.5. The molecule has 0 aromatic heterocycles. The highest BCUT2D eigenvalue weighted by Crippen LogP contribution is 2.34. The van der Waals surface area contributed by atoms with E-state index in [1.165, 1.54) is 5.56 Å². The molecule has 106 valence electrons. The molecule has 2 atom stereocenters. The van der Waals surface area contributed by atoms with Crippen molar-refractivity contribution < 1.29 is 9.84 Å². The van der Waals surface area contributed by atoms with Gasteiger partial charge in [-0.15, -0.1) is 0 Å². The molecule has 1 aromatic rings. The molecule has 0 spiro atoms. The molecule has 2 rings (SSSR count). The molecule has 0 radical (unpaired) electrons. The van der Waals surface area contributed by atoms with Crippen LogP contribution in [-0.4, -0.2) is 24.4 Å². The van der Waals surface area contributed by atoms with E-state index in [2.05, 4.69) is 12.2 Å². The first kappa shape index (κ1) is 14.6. The van der Waals surface area contributed by atoms with Gasteiger partial charge in [0.15, 0.2) is 0 Å². The minimum Gasteiger partial charge on any atom is -0.493 e. The maximum atomic E-state index is 9.10. The monoisotopic (exact) mass is 283 g/mol. The molecular weight excluding hydrogens is 262 g/mol. The Bertz CT molecular complexity index is 411. The Morgan fingerprint density at radius 1 is 1.53 bits per heavy atom. The lowest BCUT2D eigenvalue weighted by Crippen LogP contribution is -2.33. The standard InChI is InChI=1S/C15H22ClNO2/c1-2-12(7-8-18)17-14-4-3-9-19-15-10-11(16)5-6-13(14)15/h5-6,10,12,14,17-18H,2-4,7-9H2,1H3. The number of hydrogen-bond acceptors (Lipinski definition) is 3. The van der Waals surface area contributed by atoms with Crippen LogP contribution < -0.4 is 10.1 Å². The molecule has 1 aliphatic heterocycles. The van der Waals surface area contributed by atoms with Crippen molar-refractivity contribution in [3.63, 3.8) is 0 Å². The van der Waals surface area contributed by atoms with Crippen LogP contribution >= 0.6 is 11.6 Å². The van der Waals surface area contributed by atoms with Crippen molar-refractivity contribution in [3.8, 4) is 5.75 Å². The lowest BCUT2D eigenvalue weighted by Gasteiger charge is -2.24. The van der Waals surface area contributed by atoms with Crippen molar-refractivity contribution >= 4 is 11.6 Å². The van der Waals surface area contributed by atoms with E-state index in [9.17, 15) is 0 Å². The number of halogens is 1. The maximum Gasteiger partial charge on any atom is 0.125 e. The van der Waals surface area contributed by atoms with Gasteiger partial charge in [-0.3, -0.25) is 0 Å². The third-order valence-electron chi connectivity index (χ3n) is 3.65. The van der Waals surface area contributed by atoms with Crippen LogP contribution in [0.2, 0.25) is 5.02 Å². The Hall–Kier alpha value is -0.770.